The van der Waals surface area contributed by atoms with Crippen molar-refractivity contribution in [2.45, 2.75) is 31.9 Å². The molecule has 2 aromatic heterocycles. The van der Waals surface area contributed by atoms with Crippen molar-refractivity contribution >= 4 is 5.82 Å². The lowest BCUT2D eigenvalue weighted by molar-refractivity contribution is 0.181. The number of methoxy groups -OCH3 is 1. The van der Waals surface area contributed by atoms with Crippen molar-refractivity contribution in [2.75, 3.05) is 18.6 Å². The molecule has 0 aromatic carbocycles. The van der Waals surface area contributed by atoms with Crippen LogP contribution in [0.15, 0.2) is 30.9 Å². The van der Waals surface area contributed by atoms with E-state index in [1.165, 1.54) is 6.42 Å². The quantitative estimate of drug-likeness (QED) is 0.857. The Labute approximate surface area is 124 Å². The van der Waals surface area contributed by atoms with Gasteiger partial charge in [-0.15, -0.1) is 0 Å². The van der Waals surface area contributed by atoms with Crippen molar-refractivity contribution < 1.29 is 4.74 Å². The molecule has 1 saturated heterocycles. The smallest absolute Gasteiger partial charge is 0.150 e. The second-order valence-electron chi connectivity index (χ2n) is 5.11. The Hall–Kier alpha value is -2.08. The zero-order valence-electron chi connectivity index (χ0n) is 12.1. The highest BCUT2D eigenvalue weighted by Crippen LogP contribution is 2.32. The van der Waals surface area contributed by atoms with E-state index in [1.807, 2.05) is 12.1 Å². The number of hydrogen-bond acceptors (Lipinski definition) is 6. The maximum atomic E-state index is 5.15. The van der Waals surface area contributed by atoms with Gasteiger partial charge in [0.25, 0.3) is 0 Å². The SMILES string of the molecule is COCc1cc(N2CCCCC2c2ncccn2)ncn1. The van der Waals surface area contributed by atoms with Crippen LogP contribution in [-0.2, 0) is 11.3 Å². The number of hydrogen-bond donors (Lipinski definition) is 0. The van der Waals surface area contributed by atoms with Gasteiger partial charge in [-0.3, -0.25) is 0 Å². The van der Waals surface area contributed by atoms with Crippen molar-refractivity contribution in [2.24, 2.45) is 0 Å². The normalized spacial score (nSPS) is 18.7. The van der Waals surface area contributed by atoms with Crippen LogP contribution in [0.5, 0.6) is 0 Å². The van der Waals surface area contributed by atoms with Crippen molar-refractivity contribution in [3.63, 3.8) is 0 Å². The Balaban J connectivity index is 1.89. The summed E-state index contributed by atoms with van der Waals surface area (Å²) in [6.07, 6.45) is 8.59. The highest BCUT2D eigenvalue weighted by molar-refractivity contribution is 5.41. The summed E-state index contributed by atoms with van der Waals surface area (Å²) in [5, 5.41) is 0. The molecular weight excluding hydrogens is 266 g/mol. The van der Waals surface area contributed by atoms with E-state index >= 15 is 0 Å². The van der Waals surface area contributed by atoms with Crippen LogP contribution in [0.25, 0.3) is 0 Å². The third-order valence-electron chi connectivity index (χ3n) is 3.68. The summed E-state index contributed by atoms with van der Waals surface area (Å²) in [6.45, 7) is 1.46. The Kier molecular flexibility index (Phi) is 4.35. The fourth-order valence-electron chi connectivity index (χ4n) is 2.73. The summed E-state index contributed by atoms with van der Waals surface area (Å²) in [7, 11) is 1.67. The molecule has 0 spiro atoms. The van der Waals surface area contributed by atoms with Crippen LogP contribution >= 0.6 is 0 Å². The van der Waals surface area contributed by atoms with E-state index in [0.717, 1.165) is 36.7 Å². The first-order valence-corrected chi connectivity index (χ1v) is 7.22. The summed E-state index contributed by atoms with van der Waals surface area (Å²) in [5.41, 5.74) is 0.890. The Morgan fingerprint density at radius 3 is 2.86 bits per heavy atom. The highest BCUT2D eigenvalue weighted by Gasteiger charge is 2.27. The van der Waals surface area contributed by atoms with Gasteiger partial charge in [0.1, 0.15) is 12.1 Å². The molecule has 0 radical (unpaired) electrons. The van der Waals surface area contributed by atoms with Gasteiger partial charge >= 0.3 is 0 Å². The molecule has 21 heavy (non-hydrogen) atoms. The molecule has 1 atom stereocenters. The molecule has 3 rings (SSSR count). The second kappa shape index (κ2) is 6.58. The monoisotopic (exact) mass is 285 g/mol. The molecular formula is C15H19N5O. The van der Waals surface area contributed by atoms with Crippen LogP contribution in [0, 0.1) is 0 Å². The van der Waals surface area contributed by atoms with Crippen LogP contribution < -0.4 is 4.90 Å². The first-order chi connectivity index (χ1) is 10.4. The molecule has 1 unspecified atom stereocenters. The molecule has 3 heterocycles. The average Bonchev–Trinajstić information content (AvgIpc) is 2.56. The van der Waals surface area contributed by atoms with Crippen LogP contribution in [0.3, 0.4) is 0 Å². The van der Waals surface area contributed by atoms with Crippen molar-refractivity contribution in [3.8, 4) is 0 Å². The maximum absolute atomic E-state index is 5.15. The first-order valence-electron chi connectivity index (χ1n) is 7.22. The zero-order chi connectivity index (χ0) is 14.5. The predicted octanol–water partition coefficient (Wildman–Crippen LogP) is 2.14. The molecule has 1 aliphatic heterocycles. The Morgan fingerprint density at radius 1 is 1.19 bits per heavy atom. The molecule has 0 saturated carbocycles. The summed E-state index contributed by atoms with van der Waals surface area (Å²) in [6, 6.07) is 4.02. The standard InChI is InChI=1S/C15H19N5O/c1-21-10-12-9-14(19-11-18-12)20-8-3-2-5-13(20)15-16-6-4-7-17-15/h4,6-7,9,11,13H,2-3,5,8,10H2,1H3. The number of rotatable bonds is 4. The lowest BCUT2D eigenvalue weighted by Gasteiger charge is -2.35. The molecule has 2 aromatic rings. The zero-order valence-corrected chi connectivity index (χ0v) is 12.1. The number of anilines is 1. The lowest BCUT2D eigenvalue weighted by Crippen LogP contribution is -2.35. The number of ether oxygens (including phenoxy) is 1. The minimum Gasteiger partial charge on any atom is -0.378 e. The molecule has 0 N–H and O–H groups in total. The van der Waals surface area contributed by atoms with Gasteiger partial charge < -0.3 is 9.64 Å². The van der Waals surface area contributed by atoms with Crippen LogP contribution in [0.1, 0.15) is 36.8 Å². The Morgan fingerprint density at radius 2 is 2.05 bits per heavy atom. The van der Waals surface area contributed by atoms with Crippen molar-refractivity contribution in [1.29, 1.82) is 0 Å². The number of piperidine rings is 1. The van der Waals surface area contributed by atoms with E-state index in [0.29, 0.717) is 6.61 Å². The van der Waals surface area contributed by atoms with Gasteiger partial charge in [0, 0.05) is 32.1 Å². The third kappa shape index (κ3) is 3.16. The van der Waals surface area contributed by atoms with E-state index in [-0.39, 0.29) is 6.04 Å². The predicted molar refractivity (Wildman–Crippen MR) is 78.7 cm³/mol. The van der Waals surface area contributed by atoms with Gasteiger partial charge in [-0.25, -0.2) is 19.9 Å². The van der Waals surface area contributed by atoms with Crippen molar-refractivity contribution in [3.05, 3.63) is 42.4 Å². The van der Waals surface area contributed by atoms with Crippen LogP contribution in [0.4, 0.5) is 5.82 Å². The van der Waals surface area contributed by atoms with E-state index < -0.39 is 0 Å². The molecule has 6 heteroatoms. The second-order valence-corrected chi connectivity index (χ2v) is 5.11. The van der Waals surface area contributed by atoms with Gasteiger partial charge in [-0.05, 0) is 25.3 Å². The average molecular weight is 285 g/mol. The van der Waals surface area contributed by atoms with Gasteiger partial charge in [-0.1, -0.05) is 0 Å². The molecule has 0 bridgehead atoms. The molecule has 1 aliphatic rings. The van der Waals surface area contributed by atoms with E-state index in [4.69, 9.17) is 4.74 Å². The van der Waals surface area contributed by atoms with Crippen LogP contribution in [0.2, 0.25) is 0 Å². The van der Waals surface area contributed by atoms with Gasteiger partial charge in [0.05, 0.1) is 18.3 Å². The molecule has 110 valence electrons. The summed E-state index contributed by atoms with van der Waals surface area (Å²) in [5.74, 6) is 1.79. The van der Waals surface area contributed by atoms with Gasteiger partial charge in [0.15, 0.2) is 5.82 Å². The largest absolute Gasteiger partial charge is 0.378 e. The van der Waals surface area contributed by atoms with Gasteiger partial charge in [0.2, 0.25) is 0 Å². The van der Waals surface area contributed by atoms with Crippen LogP contribution in [-0.4, -0.2) is 33.6 Å². The molecule has 6 nitrogen and oxygen atoms in total. The van der Waals surface area contributed by atoms with E-state index in [9.17, 15) is 0 Å². The molecule has 0 amide bonds. The van der Waals surface area contributed by atoms with Crippen molar-refractivity contribution in [1.82, 2.24) is 19.9 Å². The van der Waals surface area contributed by atoms with E-state index in [2.05, 4.69) is 24.8 Å². The molecule has 1 fully saturated rings. The lowest BCUT2D eigenvalue weighted by atomic mass is 10.0. The topological polar surface area (TPSA) is 64.0 Å². The number of nitrogens with zero attached hydrogens (tertiary/aromatic N) is 5. The first kappa shape index (κ1) is 13.9. The third-order valence-corrected chi connectivity index (χ3v) is 3.68. The molecule has 0 aliphatic carbocycles. The summed E-state index contributed by atoms with van der Waals surface area (Å²) < 4.78 is 5.15. The minimum absolute atomic E-state index is 0.185. The summed E-state index contributed by atoms with van der Waals surface area (Å²) in [4.78, 5) is 19.8. The van der Waals surface area contributed by atoms with Gasteiger partial charge in [-0.2, -0.15) is 0 Å². The fourth-order valence-corrected chi connectivity index (χ4v) is 2.73. The fraction of sp³-hybridized carbons (Fsp3) is 0.467. The number of aromatic nitrogens is 4. The summed E-state index contributed by atoms with van der Waals surface area (Å²) >= 11 is 0. The minimum atomic E-state index is 0.185. The van der Waals surface area contributed by atoms with E-state index in [1.54, 1.807) is 25.8 Å². The maximum Gasteiger partial charge on any atom is 0.150 e. The Bertz CT molecular complexity index is 577. The highest BCUT2D eigenvalue weighted by atomic mass is 16.5.